The second-order valence-electron chi connectivity index (χ2n) is 8.00. The molecule has 0 fully saturated rings. The lowest BCUT2D eigenvalue weighted by Crippen LogP contribution is -2.28. The summed E-state index contributed by atoms with van der Waals surface area (Å²) in [6.07, 6.45) is 3.24. The summed E-state index contributed by atoms with van der Waals surface area (Å²) in [4.78, 5) is 22.3. The van der Waals surface area contributed by atoms with Crippen molar-refractivity contribution in [3.63, 3.8) is 0 Å². The first-order chi connectivity index (χ1) is 15.3. The van der Waals surface area contributed by atoms with Gasteiger partial charge in [0, 0.05) is 6.54 Å². The van der Waals surface area contributed by atoms with Crippen LogP contribution in [0.3, 0.4) is 0 Å². The van der Waals surface area contributed by atoms with Crippen molar-refractivity contribution in [2.45, 2.75) is 64.2 Å². The number of hydrogen-bond acceptors (Lipinski definition) is 5. The second-order valence-corrected chi connectivity index (χ2v) is 8.00. The lowest BCUT2D eigenvalue weighted by molar-refractivity contribution is -0.150. The van der Waals surface area contributed by atoms with E-state index in [0.29, 0.717) is 12.3 Å². The SMILES string of the molecule is CCC(O)(CC)CCCNCc1cccc(OCc2ccc(C(C(=O)O)C(=O)O)cc2)c1. The van der Waals surface area contributed by atoms with Gasteiger partial charge in [-0.2, -0.15) is 0 Å². The number of aliphatic hydroxyl groups is 1. The molecule has 0 aliphatic rings. The summed E-state index contributed by atoms with van der Waals surface area (Å²) in [5.41, 5.74) is 1.56. The van der Waals surface area contributed by atoms with E-state index < -0.39 is 23.5 Å². The third kappa shape index (κ3) is 7.66. The van der Waals surface area contributed by atoms with Gasteiger partial charge >= 0.3 is 11.9 Å². The summed E-state index contributed by atoms with van der Waals surface area (Å²) in [6, 6.07) is 14.1. The van der Waals surface area contributed by atoms with Gasteiger partial charge in [-0.3, -0.25) is 9.59 Å². The lowest BCUT2D eigenvalue weighted by Gasteiger charge is -2.25. The van der Waals surface area contributed by atoms with Crippen LogP contribution in [-0.4, -0.2) is 39.4 Å². The molecule has 0 saturated carbocycles. The van der Waals surface area contributed by atoms with E-state index in [-0.39, 0.29) is 12.2 Å². The van der Waals surface area contributed by atoms with Gasteiger partial charge in [-0.1, -0.05) is 50.2 Å². The minimum Gasteiger partial charge on any atom is -0.489 e. The quantitative estimate of drug-likeness (QED) is 0.258. The molecule has 0 saturated heterocycles. The molecule has 4 N–H and O–H groups in total. The van der Waals surface area contributed by atoms with Gasteiger partial charge in [-0.25, -0.2) is 0 Å². The fourth-order valence-electron chi connectivity index (χ4n) is 3.49. The Bertz CT molecular complexity index is 862. The molecule has 2 rings (SSSR count). The number of carboxylic acids is 2. The minimum atomic E-state index is -1.58. The Balaban J connectivity index is 1.83. The van der Waals surface area contributed by atoms with Gasteiger partial charge in [0.2, 0.25) is 0 Å². The lowest BCUT2D eigenvalue weighted by atomic mass is 9.92. The first kappa shape index (κ1) is 25.4. The van der Waals surface area contributed by atoms with Crippen molar-refractivity contribution < 1.29 is 29.6 Å². The van der Waals surface area contributed by atoms with E-state index in [1.807, 2.05) is 38.1 Å². The molecular formula is C25H33NO6. The summed E-state index contributed by atoms with van der Waals surface area (Å²) >= 11 is 0. The molecule has 0 bridgehead atoms. The van der Waals surface area contributed by atoms with Gasteiger partial charge in [0.15, 0.2) is 5.92 Å². The highest BCUT2D eigenvalue weighted by atomic mass is 16.5. The highest BCUT2D eigenvalue weighted by Crippen LogP contribution is 2.21. The number of nitrogens with one attached hydrogen (secondary N) is 1. The molecule has 0 aliphatic heterocycles. The van der Waals surface area contributed by atoms with Crippen molar-refractivity contribution in [1.82, 2.24) is 5.32 Å². The number of carbonyl (C=O) groups is 2. The zero-order valence-corrected chi connectivity index (χ0v) is 18.7. The Kier molecular flexibility index (Phi) is 9.68. The fourth-order valence-corrected chi connectivity index (χ4v) is 3.49. The molecule has 2 aromatic carbocycles. The molecule has 7 heteroatoms. The molecule has 0 amide bonds. The molecule has 0 spiro atoms. The maximum atomic E-state index is 11.1. The van der Waals surface area contributed by atoms with Crippen LogP contribution < -0.4 is 10.1 Å². The van der Waals surface area contributed by atoms with E-state index >= 15 is 0 Å². The molecule has 32 heavy (non-hydrogen) atoms. The third-order valence-corrected chi connectivity index (χ3v) is 5.75. The van der Waals surface area contributed by atoms with Gasteiger partial charge < -0.3 is 25.4 Å². The average molecular weight is 444 g/mol. The Morgan fingerprint density at radius 1 is 1.00 bits per heavy atom. The standard InChI is InChI=1S/C25H33NO6/c1-3-25(31,4-2)13-6-14-26-16-19-7-5-8-21(15-19)32-17-18-9-11-20(12-10-18)22(23(27)28)24(29)30/h5,7-12,15,22,26,31H,3-4,6,13-14,16-17H2,1-2H3,(H,27,28)(H,29,30). The Labute approximate surface area is 189 Å². The molecule has 0 unspecified atom stereocenters. The predicted octanol–water partition coefficient (Wildman–Crippen LogP) is 3.94. The summed E-state index contributed by atoms with van der Waals surface area (Å²) < 4.78 is 5.84. The minimum absolute atomic E-state index is 0.220. The summed E-state index contributed by atoms with van der Waals surface area (Å²) in [7, 11) is 0. The molecule has 174 valence electrons. The Morgan fingerprint density at radius 2 is 1.66 bits per heavy atom. The van der Waals surface area contributed by atoms with Crippen LogP contribution in [0.4, 0.5) is 0 Å². The molecule has 0 atom stereocenters. The Morgan fingerprint density at radius 3 is 2.25 bits per heavy atom. The molecule has 0 heterocycles. The van der Waals surface area contributed by atoms with Crippen LogP contribution in [0.5, 0.6) is 5.75 Å². The molecule has 2 aromatic rings. The number of hydrogen-bond donors (Lipinski definition) is 4. The average Bonchev–Trinajstić information content (AvgIpc) is 2.78. The van der Waals surface area contributed by atoms with E-state index in [1.54, 1.807) is 12.1 Å². The molecular weight excluding hydrogens is 410 g/mol. The zero-order valence-electron chi connectivity index (χ0n) is 18.7. The first-order valence-corrected chi connectivity index (χ1v) is 11.0. The highest BCUT2D eigenvalue weighted by molar-refractivity contribution is 5.98. The number of ether oxygens (including phenoxy) is 1. The fraction of sp³-hybridized carbons (Fsp3) is 0.440. The smallest absolute Gasteiger partial charge is 0.322 e. The van der Waals surface area contributed by atoms with Crippen molar-refractivity contribution in [1.29, 1.82) is 0 Å². The highest BCUT2D eigenvalue weighted by Gasteiger charge is 2.27. The zero-order chi connectivity index (χ0) is 23.6. The van der Waals surface area contributed by atoms with E-state index in [0.717, 1.165) is 43.4 Å². The van der Waals surface area contributed by atoms with Gasteiger partial charge in [0.1, 0.15) is 12.4 Å². The molecule has 0 radical (unpaired) electrons. The van der Waals surface area contributed by atoms with Crippen molar-refractivity contribution in [2.75, 3.05) is 6.54 Å². The number of carboxylic acid groups (broad SMARTS) is 2. The van der Waals surface area contributed by atoms with E-state index in [2.05, 4.69) is 5.32 Å². The topological polar surface area (TPSA) is 116 Å². The van der Waals surface area contributed by atoms with Gasteiger partial charge in [-0.05, 0) is 61.1 Å². The maximum Gasteiger partial charge on any atom is 0.322 e. The van der Waals surface area contributed by atoms with E-state index in [1.165, 1.54) is 12.1 Å². The van der Waals surface area contributed by atoms with Crippen LogP contribution in [0.1, 0.15) is 62.1 Å². The van der Waals surface area contributed by atoms with Crippen LogP contribution in [0.15, 0.2) is 48.5 Å². The van der Waals surface area contributed by atoms with Crippen LogP contribution in [0.2, 0.25) is 0 Å². The number of aliphatic carboxylic acids is 2. The van der Waals surface area contributed by atoms with Crippen molar-refractivity contribution in [3.8, 4) is 5.75 Å². The van der Waals surface area contributed by atoms with Crippen LogP contribution in [-0.2, 0) is 22.7 Å². The maximum absolute atomic E-state index is 11.1. The van der Waals surface area contributed by atoms with Crippen LogP contribution in [0.25, 0.3) is 0 Å². The van der Waals surface area contributed by atoms with E-state index in [9.17, 15) is 14.7 Å². The number of rotatable bonds is 14. The summed E-state index contributed by atoms with van der Waals surface area (Å²) in [6.45, 7) is 5.84. The normalized spacial score (nSPS) is 11.5. The molecule has 0 aromatic heterocycles. The number of benzene rings is 2. The van der Waals surface area contributed by atoms with Crippen molar-refractivity contribution in [3.05, 3.63) is 65.2 Å². The second kappa shape index (κ2) is 12.2. The van der Waals surface area contributed by atoms with Gasteiger partial charge in [-0.15, -0.1) is 0 Å². The summed E-state index contributed by atoms with van der Waals surface area (Å²) in [5.74, 6) is -3.64. The predicted molar refractivity (Wildman–Crippen MR) is 122 cm³/mol. The van der Waals surface area contributed by atoms with E-state index in [4.69, 9.17) is 14.9 Å². The monoisotopic (exact) mass is 443 g/mol. The van der Waals surface area contributed by atoms with Gasteiger partial charge in [0.25, 0.3) is 0 Å². The van der Waals surface area contributed by atoms with Crippen LogP contribution in [0, 0.1) is 0 Å². The van der Waals surface area contributed by atoms with Crippen molar-refractivity contribution >= 4 is 11.9 Å². The largest absolute Gasteiger partial charge is 0.489 e. The first-order valence-electron chi connectivity index (χ1n) is 11.0. The summed E-state index contributed by atoms with van der Waals surface area (Å²) in [5, 5.41) is 31.9. The van der Waals surface area contributed by atoms with Crippen molar-refractivity contribution in [2.24, 2.45) is 0 Å². The van der Waals surface area contributed by atoms with Gasteiger partial charge in [0.05, 0.1) is 5.60 Å². The van der Waals surface area contributed by atoms with Crippen LogP contribution >= 0.6 is 0 Å². The Hall–Kier alpha value is -2.90. The molecule has 7 nitrogen and oxygen atoms in total. The third-order valence-electron chi connectivity index (χ3n) is 5.75. The molecule has 0 aliphatic carbocycles.